The van der Waals surface area contributed by atoms with E-state index in [1.54, 1.807) is 0 Å². The molecule has 2 heterocycles. The zero-order chi connectivity index (χ0) is 19.4. The summed E-state index contributed by atoms with van der Waals surface area (Å²) in [5.41, 5.74) is 1.79. The Kier molecular flexibility index (Phi) is 6.23. The Hall–Kier alpha value is -2.25. The highest BCUT2D eigenvalue weighted by molar-refractivity contribution is 7.17. The van der Waals surface area contributed by atoms with Crippen LogP contribution < -0.4 is 0 Å². The number of piperidine rings is 1. The van der Waals surface area contributed by atoms with Crippen molar-refractivity contribution in [1.82, 2.24) is 14.8 Å². The van der Waals surface area contributed by atoms with Gasteiger partial charge in [0, 0.05) is 24.7 Å². The van der Waals surface area contributed by atoms with Crippen molar-refractivity contribution in [2.45, 2.75) is 32.7 Å². The molecule has 1 N–H and O–H groups in total. The van der Waals surface area contributed by atoms with Gasteiger partial charge < -0.3 is 10.0 Å². The minimum absolute atomic E-state index is 0.0342. The summed E-state index contributed by atoms with van der Waals surface area (Å²) in [4.78, 5) is 33.1. The lowest BCUT2D eigenvalue weighted by Gasteiger charge is -2.37. The van der Waals surface area contributed by atoms with Gasteiger partial charge >= 0.3 is 5.97 Å². The van der Waals surface area contributed by atoms with E-state index in [0.29, 0.717) is 24.5 Å². The van der Waals surface area contributed by atoms with Crippen LogP contribution in [-0.2, 0) is 4.79 Å². The van der Waals surface area contributed by atoms with Gasteiger partial charge in [0.05, 0.1) is 12.2 Å². The summed E-state index contributed by atoms with van der Waals surface area (Å²) in [5, 5.41) is 9.92. The molecule has 3 rings (SSSR count). The Morgan fingerprint density at radius 2 is 1.93 bits per heavy atom. The molecule has 6 nitrogen and oxygen atoms in total. The Bertz CT molecular complexity index is 798. The van der Waals surface area contributed by atoms with Crippen molar-refractivity contribution < 1.29 is 14.7 Å². The van der Waals surface area contributed by atoms with Gasteiger partial charge in [-0.25, -0.2) is 4.98 Å². The van der Waals surface area contributed by atoms with Crippen LogP contribution in [0.15, 0.2) is 30.3 Å². The number of aryl methyl sites for hydroxylation is 1. The van der Waals surface area contributed by atoms with Crippen LogP contribution >= 0.6 is 11.3 Å². The minimum atomic E-state index is -0.802. The van der Waals surface area contributed by atoms with Crippen molar-refractivity contribution in [3.63, 3.8) is 0 Å². The molecule has 144 valence electrons. The van der Waals surface area contributed by atoms with Crippen molar-refractivity contribution >= 4 is 23.2 Å². The molecule has 1 aliphatic rings. The number of aliphatic carboxylic acids is 1. The number of carbonyl (C=O) groups excluding carboxylic acids is 1. The number of amides is 1. The molecule has 1 aromatic carbocycles. The number of aromatic nitrogens is 1. The summed E-state index contributed by atoms with van der Waals surface area (Å²) < 4.78 is 0. The van der Waals surface area contributed by atoms with E-state index in [0.717, 1.165) is 29.1 Å². The van der Waals surface area contributed by atoms with Gasteiger partial charge in [0.1, 0.15) is 9.88 Å². The van der Waals surface area contributed by atoms with Crippen LogP contribution in [-0.4, -0.2) is 64.0 Å². The lowest BCUT2D eigenvalue weighted by atomic mass is 10.0. The van der Waals surface area contributed by atoms with Crippen LogP contribution in [0.4, 0.5) is 0 Å². The van der Waals surface area contributed by atoms with Crippen LogP contribution in [0.3, 0.4) is 0 Å². The second-order valence-electron chi connectivity index (χ2n) is 6.78. The van der Waals surface area contributed by atoms with Crippen molar-refractivity contribution in [3.8, 4) is 10.6 Å². The summed E-state index contributed by atoms with van der Waals surface area (Å²) in [7, 11) is 0. The Labute approximate surface area is 163 Å². The second-order valence-corrected chi connectivity index (χ2v) is 7.78. The first-order valence-corrected chi connectivity index (χ1v) is 10.1. The molecular weight excluding hydrogens is 362 g/mol. The normalized spacial score (nSPS) is 15.3. The predicted molar refractivity (Wildman–Crippen MR) is 106 cm³/mol. The van der Waals surface area contributed by atoms with Crippen molar-refractivity contribution in [2.75, 3.05) is 26.2 Å². The van der Waals surface area contributed by atoms with Crippen LogP contribution in [0.5, 0.6) is 0 Å². The van der Waals surface area contributed by atoms with Crippen molar-refractivity contribution in [2.24, 2.45) is 0 Å². The lowest BCUT2D eigenvalue weighted by Crippen LogP contribution is -2.48. The van der Waals surface area contributed by atoms with E-state index in [4.69, 9.17) is 5.11 Å². The number of likely N-dealkylation sites (N-methyl/N-ethyl adjacent to an activating group) is 1. The zero-order valence-corrected chi connectivity index (χ0v) is 16.5. The molecule has 0 atom stereocenters. The quantitative estimate of drug-likeness (QED) is 0.824. The summed E-state index contributed by atoms with van der Waals surface area (Å²) in [6.45, 7) is 5.93. The smallest absolute Gasteiger partial charge is 0.317 e. The number of hydrogen-bond donors (Lipinski definition) is 1. The van der Waals surface area contributed by atoms with E-state index >= 15 is 0 Å². The molecule has 0 spiro atoms. The van der Waals surface area contributed by atoms with Crippen LogP contribution in [0.2, 0.25) is 0 Å². The average Bonchev–Trinajstić information content (AvgIpc) is 3.08. The molecule has 1 aromatic heterocycles. The molecule has 1 aliphatic heterocycles. The summed E-state index contributed by atoms with van der Waals surface area (Å²) in [6, 6.07) is 10.1. The zero-order valence-electron chi connectivity index (χ0n) is 15.7. The molecule has 0 aliphatic carbocycles. The van der Waals surface area contributed by atoms with Crippen molar-refractivity contribution in [3.05, 3.63) is 40.9 Å². The molecule has 0 radical (unpaired) electrons. The number of rotatable bonds is 6. The molecular formula is C20H25N3O3S. The number of carboxylic acid groups (broad SMARTS) is 1. The van der Waals surface area contributed by atoms with E-state index in [9.17, 15) is 9.59 Å². The van der Waals surface area contributed by atoms with Crippen LogP contribution in [0.25, 0.3) is 10.6 Å². The molecule has 1 amide bonds. The number of likely N-dealkylation sites (tertiary alicyclic amines) is 1. The molecule has 1 saturated heterocycles. The Morgan fingerprint density at radius 3 is 2.52 bits per heavy atom. The van der Waals surface area contributed by atoms with Gasteiger partial charge in [-0.15, -0.1) is 11.3 Å². The van der Waals surface area contributed by atoms with Gasteiger partial charge in [0.2, 0.25) is 0 Å². The molecule has 0 saturated carbocycles. The SMILES string of the molecule is CCN(CC(=O)O)C1CCN(C(=O)c2sc(-c3ccccc3)nc2C)CC1. The van der Waals surface area contributed by atoms with E-state index in [2.05, 4.69) is 4.98 Å². The highest BCUT2D eigenvalue weighted by atomic mass is 32.1. The first-order valence-electron chi connectivity index (χ1n) is 9.27. The molecule has 27 heavy (non-hydrogen) atoms. The third-order valence-electron chi connectivity index (χ3n) is 5.02. The van der Waals surface area contributed by atoms with Gasteiger partial charge in [-0.3, -0.25) is 14.5 Å². The molecule has 0 unspecified atom stereocenters. The standard InChI is InChI=1S/C20H25N3O3S/c1-3-22(13-17(24)25)16-9-11-23(12-10-16)20(26)18-14(2)21-19(27-18)15-7-5-4-6-8-15/h4-8,16H,3,9-13H2,1-2H3,(H,24,25). The monoisotopic (exact) mass is 387 g/mol. The number of nitrogens with zero attached hydrogens (tertiary/aromatic N) is 3. The van der Waals surface area contributed by atoms with Gasteiger partial charge in [-0.05, 0) is 26.3 Å². The highest BCUT2D eigenvalue weighted by Crippen LogP contribution is 2.29. The number of carboxylic acids is 1. The van der Waals surface area contributed by atoms with Gasteiger partial charge in [0.25, 0.3) is 5.91 Å². The number of benzene rings is 1. The van der Waals surface area contributed by atoms with E-state index < -0.39 is 5.97 Å². The largest absolute Gasteiger partial charge is 0.480 e. The molecule has 0 bridgehead atoms. The van der Waals surface area contributed by atoms with E-state index in [1.807, 2.05) is 54.0 Å². The Balaban J connectivity index is 1.66. The van der Waals surface area contributed by atoms with E-state index in [-0.39, 0.29) is 18.5 Å². The number of hydrogen-bond acceptors (Lipinski definition) is 5. The number of carbonyl (C=O) groups is 2. The van der Waals surface area contributed by atoms with Gasteiger partial charge in [-0.1, -0.05) is 37.3 Å². The molecule has 7 heteroatoms. The summed E-state index contributed by atoms with van der Waals surface area (Å²) >= 11 is 1.44. The minimum Gasteiger partial charge on any atom is -0.480 e. The van der Waals surface area contributed by atoms with E-state index in [1.165, 1.54) is 11.3 Å². The van der Waals surface area contributed by atoms with Crippen molar-refractivity contribution in [1.29, 1.82) is 0 Å². The fraction of sp³-hybridized carbons (Fsp3) is 0.450. The predicted octanol–water partition coefficient (Wildman–Crippen LogP) is 3.13. The first kappa shape index (κ1) is 19.5. The molecule has 1 fully saturated rings. The van der Waals surface area contributed by atoms with Crippen LogP contribution in [0.1, 0.15) is 35.1 Å². The fourth-order valence-corrected chi connectivity index (χ4v) is 4.59. The average molecular weight is 388 g/mol. The fourth-order valence-electron chi connectivity index (χ4n) is 3.55. The summed E-state index contributed by atoms with van der Waals surface area (Å²) in [6.07, 6.45) is 1.60. The Morgan fingerprint density at radius 1 is 1.26 bits per heavy atom. The maximum absolute atomic E-state index is 13.0. The molecule has 2 aromatic rings. The van der Waals surface area contributed by atoms with Crippen LogP contribution in [0, 0.1) is 6.92 Å². The third-order valence-corrected chi connectivity index (χ3v) is 6.22. The van der Waals surface area contributed by atoms with Gasteiger partial charge in [-0.2, -0.15) is 0 Å². The topological polar surface area (TPSA) is 73.7 Å². The lowest BCUT2D eigenvalue weighted by molar-refractivity contribution is -0.139. The van der Waals surface area contributed by atoms with Gasteiger partial charge in [0.15, 0.2) is 0 Å². The maximum Gasteiger partial charge on any atom is 0.317 e. The summed E-state index contributed by atoms with van der Waals surface area (Å²) in [5.74, 6) is -0.768. The maximum atomic E-state index is 13.0. The second kappa shape index (κ2) is 8.63. The third kappa shape index (κ3) is 4.54. The first-order chi connectivity index (χ1) is 13.0. The number of thiazole rings is 1. The highest BCUT2D eigenvalue weighted by Gasteiger charge is 2.29.